The van der Waals surface area contributed by atoms with Gasteiger partial charge in [-0.25, -0.2) is 4.98 Å². The molecule has 2 aromatic heterocycles. The van der Waals surface area contributed by atoms with E-state index in [1.54, 1.807) is 49.7 Å². The lowest BCUT2D eigenvalue weighted by molar-refractivity contribution is -0.130. The number of hydrogen-bond donors (Lipinski definition) is 1. The van der Waals surface area contributed by atoms with E-state index in [-0.39, 0.29) is 30.4 Å². The predicted molar refractivity (Wildman–Crippen MR) is 129 cm³/mol. The largest absolute Gasteiger partial charge is 0.497 e. The van der Waals surface area contributed by atoms with E-state index in [1.165, 1.54) is 0 Å². The van der Waals surface area contributed by atoms with E-state index in [0.29, 0.717) is 38.9 Å². The van der Waals surface area contributed by atoms with Gasteiger partial charge < -0.3 is 19.6 Å². The lowest BCUT2D eigenvalue weighted by atomic mass is 10.1. The molecular formula is C23H18Cl2N4O5. The molecule has 0 fully saturated rings. The molecule has 0 spiro atoms. The molecule has 0 saturated heterocycles. The van der Waals surface area contributed by atoms with Crippen LogP contribution in [0.1, 0.15) is 0 Å². The molecule has 9 nitrogen and oxygen atoms in total. The van der Waals surface area contributed by atoms with Crippen LogP contribution in [0.15, 0.2) is 59.5 Å². The van der Waals surface area contributed by atoms with E-state index >= 15 is 0 Å². The number of nitrogens with zero attached hydrogens (tertiary/aromatic N) is 3. The number of hydrogen-bond acceptors (Lipinski definition) is 8. The number of benzene rings is 2. The molecule has 4 rings (SSSR count). The second-order valence-electron chi connectivity index (χ2n) is 6.88. The molecule has 2 heterocycles. The second kappa shape index (κ2) is 10.4. The van der Waals surface area contributed by atoms with Crippen LogP contribution in [0.5, 0.6) is 5.75 Å². The molecule has 0 aliphatic heterocycles. The second-order valence-corrected chi connectivity index (χ2v) is 7.70. The highest BCUT2D eigenvalue weighted by atomic mass is 35.5. The maximum Gasteiger partial charge on any atom is 0.293 e. The van der Waals surface area contributed by atoms with Crippen molar-refractivity contribution in [3.63, 3.8) is 0 Å². The topological polar surface area (TPSA) is 105 Å². The number of carbonyl (C=O) groups excluding carboxylic acids is 1. The van der Waals surface area contributed by atoms with Gasteiger partial charge in [-0.3, -0.25) is 9.59 Å². The van der Waals surface area contributed by atoms with Gasteiger partial charge in [0.15, 0.2) is 5.65 Å². The summed E-state index contributed by atoms with van der Waals surface area (Å²) < 4.78 is 10.9. The number of halogens is 2. The van der Waals surface area contributed by atoms with Gasteiger partial charge in [0.1, 0.15) is 19.0 Å². The van der Waals surface area contributed by atoms with Crippen LogP contribution in [0.25, 0.3) is 22.2 Å². The SMILES string of the molecule is COc1cccc(Nc2ncc3cc(-c4c(Cl)cccc4Cl)c(=O)n(OCCOC=O)c3n2)c1. The summed E-state index contributed by atoms with van der Waals surface area (Å²) in [6.07, 6.45) is 1.54. The Kier molecular flexibility index (Phi) is 7.15. The van der Waals surface area contributed by atoms with Gasteiger partial charge in [0.05, 0.1) is 22.7 Å². The average Bonchev–Trinajstić information content (AvgIpc) is 2.83. The molecule has 11 heteroatoms. The fourth-order valence-electron chi connectivity index (χ4n) is 3.24. The standard InChI is InChI=1S/C23H18Cl2N4O5/c1-32-16-5-2-4-15(11-16)27-23-26-12-14-10-17(20-18(24)6-3-7-19(20)25)22(31)29(21(14)28-23)34-9-8-33-13-30/h2-7,10-13H,8-9H2,1H3,(H,26,27,28). The predicted octanol–water partition coefficient (Wildman–Crippen LogP) is 4.12. The quantitative estimate of drug-likeness (QED) is 0.270. The molecule has 0 saturated carbocycles. The Morgan fingerprint density at radius 2 is 1.85 bits per heavy atom. The van der Waals surface area contributed by atoms with E-state index in [2.05, 4.69) is 20.0 Å². The molecule has 0 aliphatic rings. The van der Waals surface area contributed by atoms with Crippen LogP contribution in [0, 0.1) is 0 Å². The first-order valence-corrected chi connectivity index (χ1v) is 10.7. The summed E-state index contributed by atoms with van der Waals surface area (Å²) in [4.78, 5) is 38.3. The number of pyridine rings is 1. The van der Waals surface area contributed by atoms with E-state index < -0.39 is 5.56 Å². The molecule has 0 amide bonds. The van der Waals surface area contributed by atoms with E-state index in [4.69, 9.17) is 32.8 Å². The third-order valence-electron chi connectivity index (χ3n) is 4.75. The highest BCUT2D eigenvalue weighted by Crippen LogP contribution is 2.33. The minimum atomic E-state index is -0.542. The summed E-state index contributed by atoms with van der Waals surface area (Å²) >= 11 is 12.7. The van der Waals surface area contributed by atoms with Gasteiger partial charge in [0.25, 0.3) is 12.0 Å². The molecule has 174 valence electrons. The van der Waals surface area contributed by atoms with Crippen LogP contribution in [0.3, 0.4) is 0 Å². The van der Waals surface area contributed by atoms with Crippen LogP contribution in [0.2, 0.25) is 10.0 Å². The van der Waals surface area contributed by atoms with Gasteiger partial charge in [-0.15, -0.1) is 4.73 Å². The Morgan fingerprint density at radius 1 is 1.09 bits per heavy atom. The first kappa shape index (κ1) is 23.3. The van der Waals surface area contributed by atoms with Gasteiger partial charge >= 0.3 is 0 Å². The molecule has 4 aromatic rings. The first-order valence-electron chi connectivity index (χ1n) is 9.98. The van der Waals surface area contributed by atoms with Crippen LogP contribution < -0.4 is 20.5 Å². The molecule has 0 bridgehead atoms. The van der Waals surface area contributed by atoms with Crippen molar-refractivity contribution in [1.82, 2.24) is 14.7 Å². The maximum absolute atomic E-state index is 13.4. The van der Waals surface area contributed by atoms with Crippen molar-refractivity contribution in [2.45, 2.75) is 0 Å². The van der Waals surface area contributed by atoms with Crippen molar-refractivity contribution >= 4 is 52.3 Å². The number of methoxy groups -OCH3 is 1. The monoisotopic (exact) mass is 500 g/mol. The number of fused-ring (bicyclic) bond motifs is 1. The van der Waals surface area contributed by atoms with Crippen molar-refractivity contribution in [2.75, 3.05) is 25.6 Å². The van der Waals surface area contributed by atoms with E-state index in [9.17, 15) is 9.59 Å². The first-order chi connectivity index (χ1) is 16.5. The molecule has 0 unspecified atom stereocenters. The fraction of sp³-hybridized carbons (Fsp3) is 0.130. The van der Waals surface area contributed by atoms with Gasteiger partial charge in [-0.2, -0.15) is 4.98 Å². The van der Waals surface area contributed by atoms with Gasteiger partial charge in [-0.05, 0) is 30.3 Å². The summed E-state index contributed by atoms with van der Waals surface area (Å²) in [7, 11) is 1.57. The van der Waals surface area contributed by atoms with Gasteiger partial charge in [0.2, 0.25) is 5.95 Å². The number of carbonyl (C=O) groups is 1. The van der Waals surface area contributed by atoms with Gasteiger partial charge in [0, 0.05) is 28.9 Å². The zero-order chi connectivity index (χ0) is 24.1. The lowest BCUT2D eigenvalue weighted by Crippen LogP contribution is -2.31. The Hall–Kier alpha value is -3.82. The Balaban J connectivity index is 1.82. The van der Waals surface area contributed by atoms with Crippen LogP contribution in [-0.4, -0.2) is 41.5 Å². The summed E-state index contributed by atoms with van der Waals surface area (Å²) in [5, 5.41) is 4.18. The number of anilines is 2. The normalized spacial score (nSPS) is 10.7. The van der Waals surface area contributed by atoms with E-state index in [0.717, 1.165) is 4.73 Å². The highest BCUT2D eigenvalue weighted by molar-refractivity contribution is 6.39. The zero-order valence-corrected chi connectivity index (χ0v) is 19.3. The molecule has 1 N–H and O–H groups in total. The van der Waals surface area contributed by atoms with Crippen molar-refractivity contribution in [2.24, 2.45) is 0 Å². The van der Waals surface area contributed by atoms with Crippen LogP contribution in [0.4, 0.5) is 11.6 Å². The maximum atomic E-state index is 13.4. The molecular weight excluding hydrogens is 483 g/mol. The summed E-state index contributed by atoms with van der Waals surface area (Å²) in [5.74, 6) is 0.882. The minimum absolute atomic E-state index is 0.0610. The third kappa shape index (κ3) is 4.90. The van der Waals surface area contributed by atoms with Crippen molar-refractivity contribution in [1.29, 1.82) is 0 Å². The fourth-order valence-corrected chi connectivity index (χ4v) is 3.84. The number of ether oxygens (including phenoxy) is 2. The summed E-state index contributed by atoms with van der Waals surface area (Å²) in [6, 6.07) is 13.8. The number of nitrogens with one attached hydrogen (secondary N) is 1. The van der Waals surface area contributed by atoms with E-state index in [1.807, 2.05) is 12.1 Å². The lowest BCUT2D eigenvalue weighted by Gasteiger charge is -2.15. The molecule has 0 atom stereocenters. The summed E-state index contributed by atoms with van der Waals surface area (Å²) in [6.45, 7) is 0.146. The van der Waals surface area contributed by atoms with Crippen LogP contribution in [-0.2, 0) is 9.53 Å². The smallest absolute Gasteiger partial charge is 0.293 e. The van der Waals surface area contributed by atoms with Crippen molar-refractivity contribution < 1.29 is 19.1 Å². The number of aromatic nitrogens is 3. The minimum Gasteiger partial charge on any atom is -0.497 e. The molecule has 0 aliphatic carbocycles. The molecule has 2 aromatic carbocycles. The Morgan fingerprint density at radius 3 is 2.59 bits per heavy atom. The average molecular weight is 501 g/mol. The zero-order valence-electron chi connectivity index (χ0n) is 17.8. The molecule has 0 radical (unpaired) electrons. The Bertz CT molecular complexity index is 1390. The van der Waals surface area contributed by atoms with Crippen molar-refractivity contribution in [3.05, 3.63) is 75.1 Å². The van der Waals surface area contributed by atoms with Crippen LogP contribution >= 0.6 is 23.2 Å². The molecule has 34 heavy (non-hydrogen) atoms. The number of rotatable bonds is 9. The Labute approximate surface area is 203 Å². The van der Waals surface area contributed by atoms with Crippen molar-refractivity contribution in [3.8, 4) is 16.9 Å². The summed E-state index contributed by atoms with van der Waals surface area (Å²) in [5.41, 5.74) is 0.907. The van der Waals surface area contributed by atoms with Gasteiger partial charge in [-0.1, -0.05) is 35.3 Å². The third-order valence-corrected chi connectivity index (χ3v) is 5.38. The highest BCUT2D eigenvalue weighted by Gasteiger charge is 2.18.